The summed E-state index contributed by atoms with van der Waals surface area (Å²) in [5.74, 6) is -0.129. The molecule has 0 heterocycles. The Labute approximate surface area is 165 Å². The van der Waals surface area contributed by atoms with Gasteiger partial charge in [0, 0.05) is 35.3 Å². The predicted octanol–water partition coefficient (Wildman–Crippen LogP) is 4.18. The van der Waals surface area contributed by atoms with Crippen molar-refractivity contribution in [3.05, 3.63) is 89.0 Å². The molecular formula is C21H19ClO4S. The molecule has 3 atom stereocenters. The number of hydrogen-bond acceptors (Lipinski definition) is 4. The number of ketones is 1. The van der Waals surface area contributed by atoms with Crippen LogP contribution in [0.2, 0.25) is 5.02 Å². The number of ether oxygens (including phenoxy) is 2. The van der Waals surface area contributed by atoms with Gasteiger partial charge in [0.1, 0.15) is 6.10 Å². The molecule has 27 heavy (non-hydrogen) atoms. The summed E-state index contributed by atoms with van der Waals surface area (Å²) < 4.78 is 24.5. The maximum Gasteiger partial charge on any atom is 0.195 e. The second-order valence-electron chi connectivity index (χ2n) is 5.95. The largest absolute Gasteiger partial charge is 0.373 e. The number of Topliss-reactive ketones (excluding diaryl/α,β-unsaturated/α-hetero) is 1. The zero-order valence-electron chi connectivity index (χ0n) is 14.9. The first-order valence-corrected chi connectivity index (χ1v) is 9.81. The summed E-state index contributed by atoms with van der Waals surface area (Å²) in [7, 11) is 1.38. The molecule has 3 unspecified atom stereocenters. The highest BCUT2D eigenvalue weighted by Crippen LogP contribution is 2.35. The van der Waals surface area contributed by atoms with E-state index in [0.29, 0.717) is 21.1 Å². The molecule has 3 rings (SSSR count). The molecule has 0 bridgehead atoms. The molecule has 2 aromatic rings. The lowest BCUT2D eigenvalue weighted by molar-refractivity contribution is -0.0116. The van der Waals surface area contributed by atoms with Gasteiger partial charge in [-0.2, -0.15) is 0 Å². The standard InChI is InChI=1S/C21H19ClO4S/c1-25-19-14-16(20(23)15-6-4-3-5-7-15)12-13-21(19,26-2)27(24)18-10-8-17(22)9-11-18/h3-14,19H,1-2H3. The molecule has 0 saturated carbocycles. The summed E-state index contributed by atoms with van der Waals surface area (Å²) in [4.78, 5) is 12.0. The highest BCUT2D eigenvalue weighted by Gasteiger charge is 2.45. The average molecular weight is 403 g/mol. The summed E-state index contributed by atoms with van der Waals surface area (Å²) in [5.41, 5.74) is 1.04. The smallest absolute Gasteiger partial charge is 0.195 e. The fourth-order valence-corrected chi connectivity index (χ4v) is 4.54. The summed E-state index contributed by atoms with van der Waals surface area (Å²) in [6.07, 6.45) is 4.24. The fraction of sp³-hybridized carbons (Fsp3) is 0.190. The van der Waals surface area contributed by atoms with Gasteiger partial charge in [0.2, 0.25) is 0 Å². The molecule has 1 aliphatic carbocycles. The summed E-state index contributed by atoms with van der Waals surface area (Å²) in [6, 6.07) is 15.7. The van der Waals surface area contributed by atoms with Crippen molar-refractivity contribution in [3.63, 3.8) is 0 Å². The Balaban J connectivity index is 1.96. The first-order chi connectivity index (χ1) is 13.0. The molecule has 0 radical (unpaired) electrons. The molecule has 0 aliphatic heterocycles. The first-order valence-electron chi connectivity index (χ1n) is 8.28. The zero-order valence-corrected chi connectivity index (χ0v) is 16.5. The maximum absolute atomic E-state index is 13.3. The molecule has 0 fully saturated rings. The molecule has 0 aromatic heterocycles. The lowest BCUT2D eigenvalue weighted by Gasteiger charge is -2.36. The molecule has 0 amide bonds. The van der Waals surface area contributed by atoms with E-state index >= 15 is 0 Å². The van der Waals surface area contributed by atoms with Crippen LogP contribution in [0.1, 0.15) is 10.4 Å². The highest BCUT2D eigenvalue weighted by molar-refractivity contribution is 7.86. The van der Waals surface area contributed by atoms with Gasteiger partial charge in [0.25, 0.3) is 0 Å². The lowest BCUT2D eigenvalue weighted by atomic mass is 9.95. The Hall–Kier alpha value is -2.05. The maximum atomic E-state index is 13.3. The van der Waals surface area contributed by atoms with E-state index in [-0.39, 0.29) is 5.78 Å². The number of hydrogen-bond donors (Lipinski definition) is 0. The van der Waals surface area contributed by atoms with E-state index < -0.39 is 21.8 Å². The Morgan fingerprint density at radius 1 is 1.07 bits per heavy atom. The van der Waals surface area contributed by atoms with Gasteiger partial charge in [-0.15, -0.1) is 0 Å². The minimum Gasteiger partial charge on any atom is -0.373 e. The SMILES string of the molecule is COC1C=C(C(=O)c2ccccc2)C=CC1(OC)S(=O)c1ccc(Cl)cc1. The molecule has 140 valence electrons. The lowest BCUT2D eigenvalue weighted by Crippen LogP contribution is -2.48. The second-order valence-corrected chi connectivity index (χ2v) is 8.04. The van der Waals surface area contributed by atoms with Gasteiger partial charge in [-0.05, 0) is 36.4 Å². The van der Waals surface area contributed by atoms with Crippen molar-refractivity contribution in [2.24, 2.45) is 0 Å². The van der Waals surface area contributed by atoms with E-state index in [2.05, 4.69) is 0 Å². The number of carbonyl (C=O) groups is 1. The minimum absolute atomic E-state index is 0.129. The summed E-state index contributed by atoms with van der Waals surface area (Å²) in [6.45, 7) is 0. The van der Waals surface area contributed by atoms with Crippen molar-refractivity contribution < 1.29 is 18.5 Å². The van der Waals surface area contributed by atoms with Crippen LogP contribution in [0.4, 0.5) is 0 Å². The first kappa shape index (κ1) is 19.7. The summed E-state index contributed by atoms with van der Waals surface area (Å²) >= 11 is 5.92. The van der Waals surface area contributed by atoms with Crippen LogP contribution in [-0.2, 0) is 20.3 Å². The van der Waals surface area contributed by atoms with Crippen LogP contribution in [0.3, 0.4) is 0 Å². The molecule has 2 aromatic carbocycles. The molecule has 0 N–H and O–H groups in total. The Morgan fingerprint density at radius 3 is 2.33 bits per heavy atom. The van der Waals surface area contributed by atoms with Gasteiger partial charge in [-0.25, -0.2) is 0 Å². The third-order valence-electron chi connectivity index (χ3n) is 4.41. The predicted molar refractivity (Wildman–Crippen MR) is 106 cm³/mol. The van der Waals surface area contributed by atoms with E-state index in [1.54, 1.807) is 54.6 Å². The van der Waals surface area contributed by atoms with E-state index in [9.17, 15) is 9.00 Å². The van der Waals surface area contributed by atoms with Crippen molar-refractivity contribution in [2.75, 3.05) is 14.2 Å². The number of methoxy groups -OCH3 is 2. The van der Waals surface area contributed by atoms with Gasteiger partial charge in [-0.1, -0.05) is 48.0 Å². The third kappa shape index (κ3) is 3.82. The number of benzene rings is 2. The normalized spacial score (nSPS) is 22.9. The molecule has 0 spiro atoms. The fourth-order valence-electron chi connectivity index (χ4n) is 2.95. The topological polar surface area (TPSA) is 52.6 Å². The van der Waals surface area contributed by atoms with Crippen LogP contribution in [-0.4, -0.2) is 35.2 Å². The second kappa shape index (κ2) is 8.31. The van der Waals surface area contributed by atoms with E-state index in [0.717, 1.165) is 0 Å². The van der Waals surface area contributed by atoms with Crippen LogP contribution < -0.4 is 0 Å². The van der Waals surface area contributed by atoms with Gasteiger partial charge in [0.05, 0.1) is 10.8 Å². The Bertz CT molecular complexity index is 906. The number of rotatable bonds is 6. The van der Waals surface area contributed by atoms with Crippen LogP contribution >= 0.6 is 11.6 Å². The van der Waals surface area contributed by atoms with Crippen molar-refractivity contribution in [1.82, 2.24) is 0 Å². The Morgan fingerprint density at radius 2 is 1.74 bits per heavy atom. The van der Waals surface area contributed by atoms with Crippen molar-refractivity contribution in [1.29, 1.82) is 0 Å². The quantitative estimate of drug-likeness (QED) is 0.680. The molecule has 0 saturated heterocycles. The average Bonchev–Trinajstić information content (AvgIpc) is 2.73. The highest BCUT2D eigenvalue weighted by atomic mass is 35.5. The monoisotopic (exact) mass is 402 g/mol. The van der Waals surface area contributed by atoms with Gasteiger partial charge in [-0.3, -0.25) is 9.00 Å². The van der Waals surface area contributed by atoms with Crippen molar-refractivity contribution in [3.8, 4) is 0 Å². The van der Waals surface area contributed by atoms with Gasteiger partial charge in [0.15, 0.2) is 10.7 Å². The van der Waals surface area contributed by atoms with E-state index in [1.807, 2.05) is 18.2 Å². The minimum atomic E-state index is -1.59. The zero-order chi connectivity index (χ0) is 19.4. The molecule has 4 nitrogen and oxygen atoms in total. The van der Waals surface area contributed by atoms with Crippen molar-refractivity contribution in [2.45, 2.75) is 15.9 Å². The van der Waals surface area contributed by atoms with E-state index in [4.69, 9.17) is 21.1 Å². The van der Waals surface area contributed by atoms with Gasteiger partial charge < -0.3 is 9.47 Å². The van der Waals surface area contributed by atoms with Crippen molar-refractivity contribution >= 4 is 28.2 Å². The number of allylic oxidation sites excluding steroid dienone is 2. The Kier molecular flexibility index (Phi) is 6.07. The van der Waals surface area contributed by atoms with Crippen LogP contribution in [0.25, 0.3) is 0 Å². The molecule has 1 aliphatic rings. The third-order valence-corrected chi connectivity index (χ3v) is 6.48. The molecule has 6 heteroatoms. The van der Waals surface area contributed by atoms with Crippen LogP contribution in [0.5, 0.6) is 0 Å². The van der Waals surface area contributed by atoms with Crippen LogP contribution in [0, 0.1) is 0 Å². The number of halogens is 1. The van der Waals surface area contributed by atoms with E-state index in [1.165, 1.54) is 14.2 Å². The summed E-state index contributed by atoms with van der Waals surface area (Å²) in [5, 5.41) is 0.556. The van der Waals surface area contributed by atoms with Gasteiger partial charge >= 0.3 is 0 Å². The number of carbonyl (C=O) groups excluding carboxylic acids is 1. The van der Waals surface area contributed by atoms with Crippen LogP contribution in [0.15, 0.2) is 83.3 Å². The molecular weight excluding hydrogens is 384 g/mol.